The van der Waals surface area contributed by atoms with E-state index in [0.717, 1.165) is 33.6 Å². The van der Waals surface area contributed by atoms with E-state index in [1.807, 2.05) is 54.6 Å². The van der Waals surface area contributed by atoms with Gasteiger partial charge in [-0.25, -0.2) is 14.4 Å². The highest BCUT2D eigenvalue weighted by Crippen LogP contribution is 2.33. The summed E-state index contributed by atoms with van der Waals surface area (Å²) in [7, 11) is 0. The Kier molecular flexibility index (Phi) is 6.19. The van der Waals surface area contributed by atoms with Crippen molar-refractivity contribution < 1.29 is 9.18 Å². The predicted octanol–water partition coefficient (Wildman–Crippen LogP) is 6.39. The number of hydrogen-bond acceptors (Lipinski definition) is 3. The van der Waals surface area contributed by atoms with Crippen molar-refractivity contribution in [1.29, 1.82) is 0 Å². The fraction of sp³-hybridized carbons (Fsp3) is 0.107. The van der Waals surface area contributed by atoms with Crippen LogP contribution in [0.4, 0.5) is 10.2 Å². The molecule has 6 heteroatoms. The quantitative estimate of drug-likeness (QED) is 0.368. The van der Waals surface area contributed by atoms with E-state index in [2.05, 4.69) is 5.32 Å². The molecule has 0 aliphatic heterocycles. The zero-order chi connectivity index (χ0) is 23.5. The van der Waals surface area contributed by atoms with Crippen molar-refractivity contribution in [3.05, 3.63) is 112 Å². The minimum absolute atomic E-state index is 0.191. The van der Waals surface area contributed by atoms with Crippen LogP contribution in [-0.2, 0) is 24.1 Å². The van der Waals surface area contributed by atoms with Gasteiger partial charge >= 0.3 is 0 Å². The van der Waals surface area contributed by atoms with Gasteiger partial charge in [0, 0.05) is 10.6 Å². The molecular weight excluding hydrogens is 449 g/mol. The number of anilines is 1. The van der Waals surface area contributed by atoms with Crippen LogP contribution in [0.3, 0.4) is 0 Å². The number of carbonyl (C=O) groups excluding carboxylic acids is 1. The van der Waals surface area contributed by atoms with Crippen LogP contribution in [0.15, 0.2) is 72.8 Å². The van der Waals surface area contributed by atoms with Gasteiger partial charge in [0.2, 0.25) is 5.91 Å². The van der Waals surface area contributed by atoms with Crippen molar-refractivity contribution >= 4 is 35.5 Å². The van der Waals surface area contributed by atoms with E-state index in [9.17, 15) is 9.18 Å². The molecule has 0 saturated heterocycles. The molecule has 1 aliphatic rings. The zero-order valence-corrected chi connectivity index (χ0v) is 19.0. The normalized spacial score (nSPS) is 12.3. The lowest BCUT2D eigenvalue weighted by Crippen LogP contribution is -2.19. The smallest absolute Gasteiger partial charge is 0.230 e. The zero-order valence-electron chi connectivity index (χ0n) is 18.3. The summed E-state index contributed by atoms with van der Waals surface area (Å²) in [5.74, 6) is -0.0369. The van der Waals surface area contributed by atoms with E-state index in [1.165, 1.54) is 6.07 Å². The third-order valence-electron chi connectivity index (χ3n) is 5.72. The predicted molar refractivity (Wildman–Crippen MR) is 134 cm³/mol. The van der Waals surface area contributed by atoms with Gasteiger partial charge in [-0.3, -0.25) is 4.79 Å². The summed E-state index contributed by atoms with van der Waals surface area (Å²) in [6, 6.07) is 21.8. The number of hydrogen-bond donors (Lipinski definition) is 1. The number of nitrogens with zero attached hydrogens (tertiary/aromatic N) is 2. The maximum atomic E-state index is 13.8. The van der Waals surface area contributed by atoms with Crippen LogP contribution in [-0.4, -0.2) is 15.9 Å². The number of benzene rings is 3. The van der Waals surface area contributed by atoms with E-state index in [4.69, 9.17) is 21.6 Å². The van der Waals surface area contributed by atoms with E-state index in [-0.39, 0.29) is 18.1 Å². The first-order valence-electron chi connectivity index (χ1n) is 11.0. The summed E-state index contributed by atoms with van der Waals surface area (Å²) in [6.45, 7) is 0. The van der Waals surface area contributed by atoms with Crippen LogP contribution >= 0.6 is 11.6 Å². The molecule has 1 heterocycles. The van der Waals surface area contributed by atoms with Gasteiger partial charge in [0.05, 0.1) is 17.8 Å². The monoisotopic (exact) mass is 469 g/mol. The largest absolute Gasteiger partial charge is 0.309 e. The average Bonchev–Trinajstić information content (AvgIpc) is 2.84. The van der Waals surface area contributed by atoms with Gasteiger partial charge in [-0.15, -0.1) is 0 Å². The molecule has 0 unspecified atom stereocenters. The van der Waals surface area contributed by atoms with Crippen molar-refractivity contribution in [2.24, 2.45) is 0 Å². The number of aryl methyl sites for hydroxylation is 2. The fourth-order valence-electron chi connectivity index (χ4n) is 4.04. The molecule has 0 saturated carbocycles. The fourth-order valence-corrected chi connectivity index (χ4v) is 4.16. The van der Waals surface area contributed by atoms with Gasteiger partial charge in [0.15, 0.2) is 5.82 Å². The first kappa shape index (κ1) is 22.0. The molecule has 0 atom stereocenters. The minimum atomic E-state index is -0.259. The van der Waals surface area contributed by atoms with Crippen molar-refractivity contribution in [2.75, 3.05) is 5.32 Å². The third kappa shape index (κ3) is 4.90. The molecule has 4 aromatic rings. The third-order valence-corrected chi connectivity index (χ3v) is 5.97. The molecule has 3 aromatic carbocycles. The summed E-state index contributed by atoms with van der Waals surface area (Å²) in [5, 5.41) is 3.56. The van der Waals surface area contributed by atoms with E-state index < -0.39 is 0 Å². The van der Waals surface area contributed by atoms with Crippen molar-refractivity contribution in [3.8, 4) is 11.3 Å². The van der Waals surface area contributed by atoms with E-state index in [1.54, 1.807) is 24.3 Å². The maximum absolute atomic E-state index is 13.8. The van der Waals surface area contributed by atoms with Gasteiger partial charge in [0.1, 0.15) is 11.5 Å². The molecule has 168 valence electrons. The molecule has 1 amide bonds. The number of carbonyl (C=O) groups is 1. The molecule has 0 radical (unpaired) electrons. The van der Waals surface area contributed by atoms with Gasteiger partial charge in [0.25, 0.3) is 0 Å². The summed E-state index contributed by atoms with van der Waals surface area (Å²) in [5.41, 5.74) is 5.71. The second-order valence-electron chi connectivity index (χ2n) is 8.15. The Morgan fingerprint density at radius 2 is 1.76 bits per heavy atom. The van der Waals surface area contributed by atoms with Crippen LogP contribution in [0.5, 0.6) is 0 Å². The molecule has 1 aliphatic carbocycles. The van der Waals surface area contributed by atoms with Crippen molar-refractivity contribution in [1.82, 2.24) is 9.97 Å². The highest BCUT2D eigenvalue weighted by atomic mass is 35.5. The van der Waals surface area contributed by atoms with E-state index >= 15 is 0 Å². The Morgan fingerprint density at radius 1 is 0.971 bits per heavy atom. The maximum Gasteiger partial charge on any atom is 0.230 e. The summed E-state index contributed by atoms with van der Waals surface area (Å²) >= 11 is 5.95. The summed E-state index contributed by atoms with van der Waals surface area (Å²) in [6.07, 6.45) is 5.27. The molecular formula is C28H21ClFN3O. The standard InChI is InChI=1S/C28H21ClFN3O/c29-21-10-6-19(7-11-21)16-26(34)33-28-25(14-8-18-4-2-1-3-5-18)31-27-23-13-12-22(30)17-20(23)9-15-24(27)32-28/h1-8,10-14,17H,9,15-16H2,(H,32,33,34). The Balaban J connectivity index is 1.50. The second-order valence-corrected chi connectivity index (χ2v) is 8.59. The lowest BCUT2D eigenvalue weighted by molar-refractivity contribution is -0.115. The van der Waals surface area contributed by atoms with Gasteiger partial charge in [-0.1, -0.05) is 60.1 Å². The first-order chi connectivity index (χ1) is 16.5. The summed E-state index contributed by atoms with van der Waals surface area (Å²) in [4.78, 5) is 22.5. The average molecular weight is 470 g/mol. The first-order valence-corrected chi connectivity index (χ1v) is 11.4. The molecule has 5 rings (SSSR count). The minimum Gasteiger partial charge on any atom is -0.309 e. The highest BCUT2D eigenvalue weighted by Gasteiger charge is 2.22. The topological polar surface area (TPSA) is 54.9 Å². The van der Waals surface area contributed by atoms with Gasteiger partial charge < -0.3 is 5.32 Å². The number of halogens is 2. The molecule has 1 aromatic heterocycles. The molecule has 4 nitrogen and oxygen atoms in total. The SMILES string of the molecule is O=C(Cc1ccc(Cl)cc1)Nc1nc2c(nc1C=Cc1ccccc1)-c1ccc(F)cc1CC2. The van der Waals surface area contributed by atoms with Crippen LogP contribution in [0.2, 0.25) is 5.02 Å². The van der Waals surface area contributed by atoms with E-state index in [0.29, 0.717) is 29.4 Å². The number of nitrogens with one attached hydrogen (secondary N) is 1. The lowest BCUT2D eigenvalue weighted by Gasteiger charge is -2.20. The molecule has 0 spiro atoms. The lowest BCUT2D eigenvalue weighted by atomic mass is 9.91. The second kappa shape index (κ2) is 9.57. The Labute approximate surface area is 202 Å². The van der Waals surface area contributed by atoms with Crippen LogP contribution in [0.1, 0.15) is 28.1 Å². The molecule has 0 bridgehead atoms. The number of fused-ring (bicyclic) bond motifs is 3. The molecule has 0 fully saturated rings. The van der Waals surface area contributed by atoms with Crippen LogP contribution in [0.25, 0.3) is 23.4 Å². The van der Waals surface area contributed by atoms with Gasteiger partial charge in [-0.05, 0) is 65.9 Å². The number of amides is 1. The summed E-state index contributed by atoms with van der Waals surface area (Å²) < 4.78 is 13.8. The van der Waals surface area contributed by atoms with Crippen molar-refractivity contribution in [2.45, 2.75) is 19.3 Å². The number of rotatable bonds is 5. The number of aromatic nitrogens is 2. The molecule has 1 N–H and O–H groups in total. The Hall–Kier alpha value is -3.83. The molecule has 34 heavy (non-hydrogen) atoms. The van der Waals surface area contributed by atoms with Crippen molar-refractivity contribution in [3.63, 3.8) is 0 Å². The Morgan fingerprint density at radius 3 is 2.56 bits per heavy atom. The van der Waals surface area contributed by atoms with Crippen LogP contribution in [0, 0.1) is 5.82 Å². The Bertz CT molecular complexity index is 1390. The van der Waals surface area contributed by atoms with Crippen LogP contribution < -0.4 is 5.32 Å². The van der Waals surface area contributed by atoms with Gasteiger partial charge in [-0.2, -0.15) is 0 Å². The highest BCUT2D eigenvalue weighted by molar-refractivity contribution is 6.30.